The average Bonchev–Trinajstić information content (AvgIpc) is 2.36. The van der Waals surface area contributed by atoms with E-state index in [1.807, 2.05) is 0 Å². The number of benzene rings is 1. The molecule has 0 saturated heterocycles. The molecule has 2 aromatic rings. The van der Waals surface area contributed by atoms with Gasteiger partial charge in [0.2, 0.25) is 5.88 Å². The van der Waals surface area contributed by atoms with Gasteiger partial charge in [-0.05, 0) is 36.8 Å². The summed E-state index contributed by atoms with van der Waals surface area (Å²) in [4.78, 5) is 4.01. The van der Waals surface area contributed by atoms with Gasteiger partial charge >= 0.3 is 0 Å². The van der Waals surface area contributed by atoms with Crippen LogP contribution in [0.2, 0.25) is 0 Å². The van der Waals surface area contributed by atoms with Gasteiger partial charge in [0.1, 0.15) is 0 Å². The molecule has 1 heterocycles. The van der Waals surface area contributed by atoms with Crippen LogP contribution in [-0.4, -0.2) is 16.7 Å². The van der Waals surface area contributed by atoms with Crippen LogP contribution in [0.15, 0.2) is 30.5 Å². The highest BCUT2D eigenvalue weighted by molar-refractivity contribution is 5.69. The molecule has 94 valence electrons. The highest BCUT2D eigenvalue weighted by Crippen LogP contribution is 2.32. The topological polar surface area (TPSA) is 42.4 Å². The molecule has 0 spiro atoms. The van der Waals surface area contributed by atoms with Gasteiger partial charge in [0, 0.05) is 11.8 Å². The summed E-state index contributed by atoms with van der Waals surface area (Å²) >= 11 is 0. The lowest BCUT2D eigenvalue weighted by molar-refractivity contribution is 0.328. The van der Waals surface area contributed by atoms with Crippen LogP contribution < -0.4 is 4.74 Å². The van der Waals surface area contributed by atoms with Gasteiger partial charge in [-0.3, -0.25) is 0 Å². The Balaban J connectivity index is 2.55. The summed E-state index contributed by atoms with van der Waals surface area (Å²) in [5, 5.41) is 9.29. The smallest absolute Gasteiger partial charge is 0.221 e. The summed E-state index contributed by atoms with van der Waals surface area (Å²) in [6.45, 7) is 2.20. The van der Waals surface area contributed by atoms with E-state index in [0.29, 0.717) is 23.6 Å². The van der Waals surface area contributed by atoms with E-state index >= 15 is 0 Å². The average molecular weight is 251 g/mol. The standard InChI is InChI=1S/C13H11F2NO2/c1-2-18-13-9(4-3-5-16-13)8-6-10(14)12(15)11(17)7-8/h3-7,17H,2H2,1H3. The third kappa shape index (κ3) is 2.25. The number of aromatic nitrogens is 1. The molecule has 1 aromatic heterocycles. The molecule has 3 nitrogen and oxygen atoms in total. The van der Waals surface area contributed by atoms with Crippen molar-refractivity contribution in [2.75, 3.05) is 6.61 Å². The van der Waals surface area contributed by atoms with Gasteiger partial charge in [0.25, 0.3) is 0 Å². The number of hydrogen-bond acceptors (Lipinski definition) is 3. The van der Waals surface area contributed by atoms with E-state index in [0.717, 1.165) is 12.1 Å². The second kappa shape index (κ2) is 5.00. The van der Waals surface area contributed by atoms with Crippen molar-refractivity contribution in [3.05, 3.63) is 42.1 Å². The fraction of sp³-hybridized carbons (Fsp3) is 0.154. The van der Waals surface area contributed by atoms with Crippen molar-refractivity contribution in [1.82, 2.24) is 4.98 Å². The first-order valence-electron chi connectivity index (χ1n) is 5.39. The van der Waals surface area contributed by atoms with Gasteiger partial charge in [0.15, 0.2) is 17.4 Å². The molecule has 0 aliphatic carbocycles. The molecule has 0 bridgehead atoms. The summed E-state index contributed by atoms with van der Waals surface area (Å²) in [5.41, 5.74) is 0.802. The summed E-state index contributed by atoms with van der Waals surface area (Å²) < 4.78 is 31.5. The fourth-order valence-electron chi connectivity index (χ4n) is 1.59. The zero-order valence-electron chi connectivity index (χ0n) is 9.65. The number of phenols is 1. The number of nitrogens with zero attached hydrogens (tertiary/aromatic N) is 1. The lowest BCUT2D eigenvalue weighted by atomic mass is 10.1. The minimum Gasteiger partial charge on any atom is -0.505 e. The number of halogens is 2. The molecule has 0 fully saturated rings. The van der Waals surface area contributed by atoms with Crippen molar-refractivity contribution in [2.45, 2.75) is 6.92 Å². The predicted octanol–water partition coefficient (Wildman–Crippen LogP) is 3.13. The maximum atomic E-state index is 13.2. The van der Waals surface area contributed by atoms with Crippen molar-refractivity contribution in [3.8, 4) is 22.8 Å². The monoisotopic (exact) mass is 251 g/mol. The van der Waals surface area contributed by atoms with Gasteiger partial charge in [-0.2, -0.15) is 4.39 Å². The molecule has 5 heteroatoms. The van der Waals surface area contributed by atoms with Gasteiger partial charge < -0.3 is 9.84 Å². The number of aromatic hydroxyl groups is 1. The SMILES string of the molecule is CCOc1ncccc1-c1cc(O)c(F)c(F)c1. The van der Waals surface area contributed by atoms with Gasteiger partial charge in [-0.25, -0.2) is 9.37 Å². The number of ether oxygens (including phenoxy) is 1. The molecule has 0 aliphatic heterocycles. The first-order chi connectivity index (χ1) is 8.63. The highest BCUT2D eigenvalue weighted by Gasteiger charge is 2.14. The Morgan fingerprint density at radius 3 is 2.78 bits per heavy atom. The molecular formula is C13H11F2NO2. The first-order valence-corrected chi connectivity index (χ1v) is 5.39. The Morgan fingerprint density at radius 1 is 1.33 bits per heavy atom. The van der Waals surface area contributed by atoms with Crippen molar-refractivity contribution < 1.29 is 18.6 Å². The molecule has 0 aliphatic rings. The summed E-state index contributed by atoms with van der Waals surface area (Å²) in [5.74, 6) is -2.81. The minimum absolute atomic E-state index is 0.308. The largest absolute Gasteiger partial charge is 0.505 e. The molecule has 18 heavy (non-hydrogen) atoms. The Labute approximate surface area is 103 Å². The highest BCUT2D eigenvalue weighted by atomic mass is 19.2. The van der Waals surface area contributed by atoms with Crippen LogP contribution in [-0.2, 0) is 0 Å². The number of phenolic OH excluding ortho intramolecular Hbond substituents is 1. The van der Waals surface area contributed by atoms with E-state index in [-0.39, 0.29) is 0 Å². The zero-order valence-corrected chi connectivity index (χ0v) is 9.65. The molecule has 2 rings (SSSR count). The van der Waals surface area contributed by atoms with Crippen molar-refractivity contribution in [2.24, 2.45) is 0 Å². The molecule has 0 amide bonds. The Hall–Kier alpha value is -2.17. The maximum Gasteiger partial charge on any atom is 0.221 e. The van der Waals surface area contributed by atoms with Gasteiger partial charge in [-0.15, -0.1) is 0 Å². The zero-order chi connectivity index (χ0) is 13.1. The predicted molar refractivity (Wildman–Crippen MR) is 62.4 cm³/mol. The van der Waals surface area contributed by atoms with Crippen LogP contribution in [0.1, 0.15) is 6.92 Å². The van der Waals surface area contributed by atoms with E-state index in [1.165, 1.54) is 6.20 Å². The van der Waals surface area contributed by atoms with Crippen LogP contribution in [0.4, 0.5) is 8.78 Å². The Bertz CT molecular complexity index is 550. The van der Waals surface area contributed by atoms with Crippen molar-refractivity contribution >= 4 is 0 Å². The Kier molecular flexibility index (Phi) is 3.41. The molecule has 0 atom stereocenters. The Morgan fingerprint density at radius 2 is 2.11 bits per heavy atom. The normalized spacial score (nSPS) is 10.4. The lowest BCUT2D eigenvalue weighted by Gasteiger charge is -2.09. The summed E-state index contributed by atoms with van der Waals surface area (Å²) in [6.07, 6.45) is 1.54. The number of pyridine rings is 1. The fourth-order valence-corrected chi connectivity index (χ4v) is 1.59. The van der Waals surface area contributed by atoms with Gasteiger partial charge in [-0.1, -0.05) is 0 Å². The summed E-state index contributed by atoms with van der Waals surface area (Å²) in [7, 11) is 0. The van der Waals surface area contributed by atoms with E-state index in [2.05, 4.69) is 4.98 Å². The van der Waals surface area contributed by atoms with Crippen LogP contribution in [0.5, 0.6) is 11.6 Å². The quantitative estimate of drug-likeness (QED) is 0.911. The molecule has 0 unspecified atom stereocenters. The van der Waals surface area contributed by atoms with E-state index in [1.54, 1.807) is 19.1 Å². The summed E-state index contributed by atoms with van der Waals surface area (Å²) in [6, 6.07) is 5.44. The van der Waals surface area contributed by atoms with Crippen molar-refractivity contribution in [1.29, 1.82) is 0 Å². The number of hydrogen-bond donors (Lipinski definition) is 1. The molecule has 1 N–H and O–H groups in total. The lowest BCUT2D eigenvalue weighted by Crippen LogP contribution is -1.97. The number of rotatable bonds is 3. The molecule has 0 saturated carbocycles. The van der Waals surface area contributed by atoms with Crippen LogP contribution in [0, 0.1) is 11.6 Å². The third-order valence-electron chi connectivity index (χ3n) is 2.37. The maximum absolute atomic E-state index is 13.2. The first kappa shape index (κ1) is 12.3. The second-order valence-corrected chi connectivity index (χ2v) is 3.58. The molecule has 0 radical (unpaired) electrons. The second-order valence-electron chi connectivity index (χ2n) is 3.58. The van der Waals surface area contributed by atoms with E-state index in [4.69, 9.17) is 4.74 Å². The van der Waals surface area contributed by atoms with Crippen LogP contribution >= 0.6 is 0 Å². The van der Waals surface area contributed by atoms with E-state index in [9.17, 15) is 13.9 Å². The van der Waals surface area contributed by atoms with Crippen LogP contribution in [0.3, 0.4) is 0 Å². The van der Waals surface area contributed by atoms with Crippen molar-refractivity contribution in [3.63, 3.8) is 0 Å². The van der Waals surface area contributed by atoms with Gasteiger partial charge in [0.05, 0.1) is 6.61 Å². The van der Waals surface area contributed by atoms with Crippen LogP contribution in [0.25, 0.3) is 11.1 Å². The third-order valence-corrected chi connectivity index (χ3v) is 2.37. The molecular weight excluding hydrogens is 240 g/mol. The molecule has 1 aromatic carbocycles. The minimum atomic E-state index is -1.26. The van der Waals surface area contributed by atoms with E-state index < -0.39 is 17.4 Å².